The molecule has 1 atom stereocenters. The Bertz CT molecular complexity index is 1160. The van der Waals surface area contributed by atoms with E-state index in [-0.39, 0.29) is 11.5 Å². The first-order valence-corrected chi connectivity index (χ1v) is 10.2. The molecule has 0 spiro atoms. The van der Waals surface area contributed by atoms with E-state index in [2.05, 4.69) is 10.6 Å². The Morgan fingerprint density at radius 3 is 1.76 bits per heavy atom. The second kappa shape index (κ2) is 10.0. The van der Waals surface area contributed by atoms with Crippen LogP contribution in [0.4, 0.5) is 14.5 Å². The lowest BCUT2D eigenvalue weighted by molar-refractivity contribution is -0.140. The van der Waals surface area contributed by atoms with E-state index >= 15 is 0 Å². The molecule has 6 nitrogen and oxygen atoms in total. The van der Waals surface area contributed by atoms with E-state index in [1.54, 1.807) is 62.4 Å². The lowest BCUT2D eigenvalue weighted by atomic mass is 10.0. The van der Waals surface area contributed by atoms with Gasteiger partial charge in [0.1, 0.15) is 17.7 Å². The van der Waals surface area contributed by atoms with Crippen LogP contribution < -0.4 is 10.6 Å². The smallest absolute Gasteiger partial charge is 0.326 e. The SMILES string of the molecule is CC(C)[C@H](NC(=O)c1ccc(-c2ccc(NC(=O)c3cc(F)cc(F)c3)cc2)cc1)C(=O)O. The first kappa shape index (κ1) is 23.6. The number of carbonyl (C=O) groups excluding carboxylic acids is 2. The van der Waals surface area contributed by atoms with E-state index < -0.39 is 35.5 Å². The largest absolute Gasteiger partial charge is 0.480 e. The number of hydrogen-bond donors (Lipinski definition) is 3. The number of hydrogen-bond acceptors (Lipinski definition) is 3. The lowest BCUT2D eigenvalue weighted by Crippen LogP contribution is -2.44. The Labute approximate surface area is 189 Å². The molecule has 33 heavy (non-hydrogen) atoms. The van der Waals surface area contributed by atoms with Crippen LogP contribution in [0.15, 0.2) is 66.7 Å². The number of carboxylic acids is 1. The molecule has 0 fully saturated rings. The molecule has 0 saturated carbocycles. The quantitative estimate of drug-likeness (QED) is 0.483. The number of aliphatic carboxylic acids is 1. The summed E-state index contributed by atoms with van der Waals surface area (Å²) in [7, 11) is 0. The maximum atomic E-state index is 13.3. The predicted octanol–water partition coefficient (Wildman–Crippen LogP) is 4.72. The number of carbonyl (C=O) groups is 3. The van der Waals surface area contributed by atoms with Crippen molar-refractivity contribution in [2.75, 3.05) is 5.32 Å². The summed E-state index contributed by atoms with van der Waals surface area (Å²) in [6.07, 6.45) is 0. The molecule has 3 aromatic carbocycles. The number of anilines is 1. The molecule has 0 aliphatic carbocycles. The highest BCUT2D eigenvalue weighted by molar-refractivity contribution is 6.04. The summed E-state index contributed by atoms with van der Waals surface area (Å²) in [6, 6.07) is 15.0. The van der Waals surface area contributed by atoms with Crippen LogP contribution in [0.25, 0.3) is 11.1 Å². The maximum absolute atomic E-state index is 13.3. The third-order valence-electron chi connectivity index (χ3n) is 4.97. The Morgan fingerprint density at radius 2 is 1.27 bits per heavy atom. The molecule has 8 heteroatoms. The minimum absolute atomic E-state index is 0.131. The van der Waals surface area contributed by atoms with E-state index in [0.29, 0.717) is 17.3 Å². The molecule has 0 radical (unpaired) electrons. The van der Waals surface area contributed by atoms with E-state index in [1.807, 2.05) is 0 Å². The van der Waals surface area contributed by atoms with Crippen molar-refractivity contribution in [3.8, 4) is 11.1 Å². The highest BCUT2D eigenvalue weighted by Crippen LogP contribution is 2.22. The first-order chi connectivity index (χ1) is 15.6. The first-order valence-electron chi connectivity index (χ1n) is 10.2. The van der Waals surface area contributed by atoms with Crippen molar-refractivity contribution in [2.45, 2.75) is 19.9 Å². The van der Waals surface area contributed by atoms with E-state index in [0.717, 1.165) is 23.3 Å². The van der Waals surface area contributed by atoms with Gasteiger partial charge in [-0.05, 0) is 53.4 Å². The van der Waals surface area contributed by atoms with Crippen molar-refractivity contribution in [1.82, 2.24) is 5.32 Å². The Balaban J connectivity index is 1.67. The molecule has 3 N–H and O–H groups in total. The van der Waals surface area contributed by atoms with Crippen molar-refractivity contribution < 1.29 is 28.3 Å². The topological polar surface area (TPSA) is 95.5 Å². The monoisotopic (exact) mass is 452 g/mol. The van der Waals surface area contributed by atoms with Crippen molar-refractivity contribution in [1.29, 1.82) is 0 Å². The zero-order chi connectivity index (χ0) is 24.1. The van der Waals surface area contributed by atoms with Crippen molar-refractivity contribution in [2.24, 2.45) is 5.92 Å². The summed E-state index contributed by atoms with van der Waals surface area (Å²) in [6.45, 7) is 3.43. The van der Waals surface area contributed by atoms with Gasteiger partial charge < -0.3 is 15.7 Å². The van der Waals surface area contributed by atoms with Gasteiger partial charge in [0.05, 0.1) is 0 Å². The molecule has 3 rings (SSSR count). The van der Waals surface area contributed by atoms with E-state index in [1.165, 1.54) is 0 Å². The van der Waals surface area contributed by atoms with Crippen LogP contribution in [0.1, 0.15) is 34.6 Å². The van der Waals surface area contributed by atoms with Crippen LogP contribution in [0.5, 0.6) is 0 Å². The fraction of sp³-hybridized carbons (Fsp3) is 0.160. The van der Waals surface area contributed by atoms with Gasteiger partial charge in [-0.1, -0.05) is 38.1 Å². The lowest BCUT2D eigenvalue weighted by Gasteiger charge is -2.18. The molecule has 0 heterocycles. The van der Waals surface area contributed by atoms with Crippen LogP contribution in [0.3, 0.4) is 0 Å². The van der Waals surface area contributed by atoms with Crippen LogP contribution in [0.2, 0.25) is 0 Å². The highest BCUT2D eigenvalue weighted by Gasteiger charge is 2.23. The second-order valence-electron chi connectivity index (χ2n) is 7.80. The van der Waals surface area contributed by atoms with Crippen molar-refractivity contribution in [3.05, 3.63) is 89.5 Å². The number of rotatable bonds is 7. The molecule has 170 valence electrons. The molecular formula is C25H22F2N2O4. The van der Waals surface area contributed by atoms with Crippen molar-refractivity contribution in [3.63, 3.8) is 0 Å². The number of benzene rings is 3. The summed E-state index contributed by atoms with van der Waals surface area (Å²) in [4.78, 5) is 35.9. The van der Waals surface area contributed by atoms with Gasteiger partial charge in [0.15, 0.2) is 0 Å². The minimum Gasteiger partial charge on any atom is -0.480 e. The second-order valence-corrected chi connectivity index (χ2v) is 7.80. The number of nitrogens with one attached hydrogen (secondary N) is 2. The molecule has 0 bridgehead atoms. The summed E-state index contributed by atoms with van der Waals surface area (Å²) in [5, 5.41) is 14.3. The van der Waals surface area contributed by atoms with Gasteiger partial charge >= 0.3 is 5.97 Å². The number of amides is 2. The molecular weight excluding hydrogens is 430 g/mol. The summed E-state index contributed by atoms with van der Waals surface area (Å²) < 4.78 is 26.6. The van der Waals surface area contributed by atoms with Crippen LogP contribution >= 0.6 is 0 Å². The zero-order valence-corrected chi connectivity index (χ0v) is 17.9. The fourth-order valence-electron chi connectivity index (χ4n) is 3.19. The van der Waals surface area contributed by atoms with Gasteiger partial charge in [0, 0.05) is 22.9 Å². The summed E-state index contributed by atoms with van der Waals surface area (Å²) in [5.74, 6) is -4.15. The number of carboxylic acid groups (broad SMARTS) is 1. The predicted molar refractivity (Wildman–Crippen MR) is 120 cm³/mol. The summed E-state index contributed by atoms with van der Waals surface area (Å²) in [5.41, 5.74) is 2.25. The van der Waals surface area contributed by atoms with Gasteiger partial charge in [0.25, 0.3) is 11.8 Å². The van der Waals surface area contributed by atoms with Crippen molar-refractivity contribution >= 4 is 23.5 Å². The Morgan fingerprint density at radius 1 is 0.758 bits per heavy atom. The van der Waals surface area contributed by atoms with Gasteiger partial charge in [-0.25, -0.2) is 13.6 Å². The summed E-state index contributed by atoms with van der Waals surface area (Å²) >= 11 is 0. The average Bonchev–Trinajstić information content (AvgIpc) is 2.77. The molecule has 0 saturated heterocycles. The minimum atomic E-state index is -1.09. The van der Waals surface area contributed by atoms with Crippen LogP contribution in [-0.2, 0) is 4.79 Å². The molecule has 0 aliphatic rings. The van der Waals surface area contributed by atoms with Crippen LogP contribution in [-0.4, -0.2) is 28.9 Å². The molecule has 2 amide bonds. The number of halogens is 2. The van der Waals surface area contributed by atoms with Gasteiger partial charge in [-0.2, -0.15) is 0 Å². The molecule has 0 unspecified atom stereocenters. The van der Waals surface area contributed by atoms with Gasteiger partial charge in [0.2, 0.25) is 0 Å². The maximum Gasteiger partial charge on any atom is 0.326 e. The third kappa shape index (κ3) is 6.00. The Kier molecular flexibility index (Phi) is 7.17. The van der Waals surface area contributed by atoms with Crippen LogP contribution in [0, 0.1) is 17.6 Å². The molecule has 3 aromatic rings. The third-order valence-corrected chi connectivity index (χ3v) is 4.97. The zero-order valence-electron chi connectivity index (χ0n) is 17.9. The Hall–Kier alpha value is -4.07. The molecule has 0 aliphatic heterocycles. The normalized spacial score (nSPS) is 11.7. The van der Waals surface area contributed by atoms with Gasteiger partial charge in [-0.15, -0.1) is 0 Å². The highest BCUT2D eigenvalue weighted by atomic mass is 19.1. The average molecular weight is 452 g/mol. The van der Waals surface area contributed by atoms with E-state index in [9.17, 15) is 28.3 Å². The fourth-order valence-corrected chi connectivity index (χ4v) is 3.19. The standard InChI is InChI=1S/C25H22F2N2O4/c1-14(2)22(25(32)33)29-23(30)17-5-3-15(4-6-17)16-7-9-21(10-8-16)28-24(31)18-11-19(26)13-20(27)12-18/h3-14,22H,1-2H3,(H,28,31)(H,29,30)(H,32,33)/t22-/m0/s1. The van der Waals surface area contributed by atoms with E-state index in [4.69, 9.17) is 0 Å². The molecule has 0 aromatic heterocycles. The van der Waals surface area contributed by atoms with Gasteiger partial charge in [-0.3, -0.25) is 9.59 Å².